The molecule has 0 aromatic rings. The van der Waals surface area contributed by atoms with Gasteiger partial charge in [-0.15, -0.1) is 0 Å². The average molecular weight is 781 g/mol. The number of carboxylic acids is 3. The van der Waals surface area contributed by atoms with Crippen molar-refractivity contribution < 1.29 is 72.9 Å². The first-order chi connectivity index (χ1) is 25.1. The Kier molecular flexibility index (Phi) is 29.0. The molecule has 0 aliphatic heterocycles. The molecule has 0 spiro atoms. The quantitative estimate of drug-likeness (QED) is 0.0432. The van der Waals surface area contributed by atoms with E-state index >= 15 is 0 Å². The van der Waals surface area contributed by atoms with Crippen molar-refractivity contribution in [3.63, 3.8) is 0 Å². The van der Waals surface area contributed by atoms with Crippen molar-refractivity contribution in [3.8, 4) is 0 Å². The normalized spacial score (nSPS) is 11.4. The molecule has 3 atom stereocenters. The Morgan fingerprint density at radius 1 is 0.389 bits per heavy atom. The second kappa shape index (κ2) is 30.2. The number of nitrogens with one attached hydrogen (secondary N) is 6. The standard InChI is InChI=1S/3C9H16N4O5/c3*10-3-7(15)12-4-8(16)13-5(9(17)18)1-2-6(11)14/h3*5H,1-4,10H2,(H2,11,14)(H,12,15)(H,13,16)(H,17,18)/t3*5-/m000/s1. The molecule has 27 heteroatoms. The molecule has 306 valence electrons. The van der Waals surface area contributed by atoms with Crippen LogP contribution >= 0.6 is 0 Å². The van der Waals surface area contributed by atoms with E-state index in [0.29, 0.717) is 0 Å². The second-order valence-electron chi connectivity index (χ2n) is 10.3. The molecule has 0 aromatic heterocycles. The van der Waals surface area contributed by atoms with E-state index in [2.05, 4.69) is 31.9 Å². The molecule has 27 nitrogen and oxygen atoms in total. The van der Waals surface area contributed by atoms with Gasteiger partial charge in [-0.25, -0.2) is 14.4 Å². The molecule has 0 aliphatic carbocycles. The molecule has 0 bridgehead atoms. The zero-order valence-electron chi connectivity index (χ0n) is 28.9. The number of carbonyl (C=O) groups excluding carboxylic acids is 9. The lowest BCUT2D eigenvalue weighted by atomic mass is 10.1. The highest BCUT2D eigenvalue weighted by atomic mass is 16.4. The number of hydrogen-bond acceptors (Lipinski definition) is 15. The lowest BCUT2D eigenvalue weighted by molar-refractivity contribution is -0.142. The third-order valence-corrected chi connectivity index (χ3v) is 5.83. The summed E-state index contributed by atoms with van der Waals surface area (Å²) in [6.45, 7) is -1.94. The number of amides is 9. The number of rotatable bonds is 24. The Labute approximate surface area is 306 Å². The van der Waals surface area contributed by atoms with Crippen LogP contribution in [0.25, 0.3) is 0 Å². The van der Waals surface area contributed by atoms with Crippen molar-refractivity contribution >= 4 is 71.1 Å². The fourth-order valence-electron chi connectivity index (χ4n) is 3.12. The maximum Gasteiger partial charge on any atom is 0.326 e. The highest BCUT2D eigenvalue weighted by Crippen LogP contribution is 1.99. The fourth-order valence-corrected chi connectivity index (χ4v) is 3.12. The lowest BCUT2D eigenvalue weighted by Crippen LogP contribution is -2.46. The first kappa shape index (κ1) is 51.9. The number of carbonyl (C=O) groups is 12. The number of carboxylic acid groups (broad SMARTS) is 3. The topological polar surface area (TPSA) is 494 Å². The molecule has 0 saturated carbocycles. The number of primary amides is 3. The Balaban J connectivity index is -0.000000722. The van der Waals surface area contributed by atoms with E-state index in [1.54, 1.807) is 0 Å². The maximum absolute atomic E-state index is 11.3. The van der Waals surface area contributed by atoms with Crippen molar-refractivity contribution in [2.24, 2.45) is 34.4 Å². The molecular formula is C27H48N12O15. The van der Waals surface area contributed by atoms with Crippen LogP contribution in [0.2, 0.25) is 0 Å². The van der Waals surface area contributed by atoms with Gasteiger partial charge in [-0.1, -0.05) is 0 Å². The monoisotopic (exact) mass is 780 g/mol. The van der Waals surface area contributed by atoms with Crippen LogP contribution < -0.4 is 66.3 Å². The van der Waals surface area contributed by atoms with Gasteiger partial charge in [0.1, 0.15) is 18.1 Å². The van der Waals surface area contributed by atoms with Crippen molar-refractivity contribution in [2.45, 2.75) is 56.7 Å². The number of hydrogen-bond donors (Lipinski definition) is 15. The smallest absolute Gasteiger partial charge is 0.326 e. The SMILES string of the molecule is NCC(=O)NCC(=O)N[C@@H](CCC(N)=O)C(=O)O.NCC(=O)NCC(=O)N[C@@H](CCC(N)=O)C(=O)O.NCC(=O)NCC(=O)N[C@@H](CCC(N)=O)C(=O)O. The summed E-state index contributed by atoms with van der Waals surface area (Å²) in [6, 6.07) is -3.67. The van der Waals surface area contributed by atoms with Gasteiger partial charge in [0.25, 0.3) is 0 Å². The summed E-state index contributed by atoms with van der Waals surface area (Å²) < 4.78 is 0. The zero-order chi connectivity index (χ0) is 42.4. The summed E-state index contributed by atoms with van der Waals surface area (Å²) in [5, 5.41) is 39.3. The Morgan fingerprint density at radius 2 is 0.593 bits per heavy atom. The molecule has 0 unspecified atom stereocenters. The maximum atomic E-state index is 11.3. The molecule has 0 heterocycles. The van der Waals surface area contributed by atoms with Crippen LogP contribution in [-0.4, -0.2) is 144 Å². The minimum absolute atomic E-state index is 0.110. The van der Waals surface area contributed by atoms with Crippen molar-refractivity contribution in [1.82, 2.24) is 31.9 Å². The number of aliphatic carboxylic acids is 3. The molecule has 0 radical (unpaired) electrons. The third-order valence-electron chi connectivity index (χ3n) is 5.83. The summed E-state index contributed by atoms with van der Waals surface area (Å²) in [7, 11) is 0. The molecule has 0 aliphatic rings. The van der Waals surface area contributed by atoms with Crippen molar-refractivity contribution in [1.29, 1.82) is 0 Å². The number of nitrogens with two attached hydrogens (primary N) is 6. The third kappa shape index (κ3) is 31.5. The molecule has 21 N–H and O–H groups in total. The molecule has 0 aromatic carbocycles. The van der Waals surface area contributed by atoms with E-state index < -0.39 is 89.2 Å². The van der Waals surface area contributed by atoms with Gasteiger partial charge in [0.05, 0.1) is 39.3 Å². The van der Waals surface area contributed by atoms with Crippen LogP contribution in [-0.2, 0) is 57.5 Å². The minimum atomic E-state index is -1.28. The first-order valence-electron chi connectivity index (χ1n) is 15.4. The van der Waals surface area contributed by atoms with E-state index in [9.17, 15) is 57.5 Å². The van der Waals surface area contributed by atoms with Gasteiger partial charge in [0, 0.05) is 19.3 Å². The van der Waals surface area contributed by atoms with Gasteiger partial charge < -0.3 is 81.6 Å². The van der Waals surface area contributed by atoms with Crippen LogP contribution in [0, 0.1) is 0 Å². The minimum Gasteiger partial charge on any atom is -0.480 e. The Morgan fingerprint density at radius 3 is 0.741 bits per heavy atom. The van der Waals surface area contributed by atoms with Gasteiger partial charge in [-0.05, 0) is 19.3 Å². The van der Waals surface area contributed by atoms with Crippen LogP contribution in [0.3, 0.4) is 0 Å². The van der Waals surface area contributed by atoms with E-state index in [1.807, 2.05) is 0 Å². The Hall–Kier alpha value is -6.48. The van der Waals surface area contributed by atoms with Crippen LogP contribution in [0.1, 0.15) is 38.5 Å². The van der Waals surface area contributed by atoms with Crippen molar-refractivity contribution in [3.05, 3.63) is 0 Å². The molecule has 54 heavy (non-hydrogen) atoms. The molecular weight excluding hydrogens is 732 g/mol. The van der Waals surface area contributed by atoms with E-state index in [4.69, 9.17) is 49.7 Å². The van der Waals surface area contributed by atoms with Gasteiger partial charge in [-0.2, -0.15) is 0 Å². The average Bonchev–Trinajstić information content (AvgIpc) is 3.10. The predicted molar refractivity (Wildman–Crippen MR) is 180 cm³/mol. The van der Waals surface area contributed by atoms with Crippen molar-refractivity contribution in [2.75, 3.05) is 39.3 Å². The predicted octanol–water partition coefficient (Wildman–Crippen LogP) is -9.31. The summed E-state index contributed by atoms with van der Waals surface area (Å²) >= 11 is 0. The molecule has 9 amide bonds. The van der Waals surface area contributed by atoms with E-state index in [-0.39, 0.29) is 77.8 Å². The first-order valence-corrected chi connectivity index (χ1v) is 15.4. The largest absolute Gasteiger partial charge is 0.480 e. The highest BCUT2D eigenvalue weighted by molar-refractivity contribution is 5.90. The Bertz CT molecular complexity index is 1190. The second-order valence-corrected chi connectivity index (χ2v) is 10.3. The molecule has 0 fully saturated rings. The fraction of sp³-hybridized carbons (Fsp3) is 0.556. The summed E-state index contributed by atoms with van der Waals surface area (Å²) in [6.07, 6.45) is -0.811. The van der Waals surface area contributed by atoms with Gasteiger partial charge in [0.15, 0.2) is 0 Å². The van der Waals surface area contributed by atoms with Crippen LogP contribution in [0.15, 0.2) is 0 Å². The van der Waals surface area contributed by atoms with E-state index in [1.165, 1.54) is 0 Å². The van der Waals surface area contributed by atoms with Gasteiger partial charge in [-0.3, -0.25) is 43.2 Å². The summed E-state index contributed by atoms with van der Waals surface area (Å²) in [4.78, 5) is 130. The lowest BCUT2D eigenvalue weighted by Gasteiger charge is -2.13. The highest BCUT2D eigenvalue weighted by Gasteiger charge is 2.22. The van der Waals surface area contributed by atoms with Crippen LogP contribution in [0.4, 0.5) is 0 Å². The van der Waals surface area contributed by atoms with E-state index in [0.717, 1.165) is 0 Å². The summed E-state index contributed by atoms with van der Waals surface area (Å²) in [5.74, 6) is -9.49. The summed E-state index contributed by atoms with van der Waals surface area (Å²) in [5.41, 5.74) is 29.6. The molecule has 0 saturated heterocycles. The van der Waals surface area contributed by atoms with Gasteiger partial charge in [0.2, 0.25) is 53.2 Å². The van der Waals surface area contributed by atoms with Crippen LogP contribution in [0.5, 0.6) is 0 Å². The molecule has 0 rings (SSSR count). The van der Waals surface area contributed by atoms with Gasteiger partial charge >= 0.3 is 17.9 Å². The zero-order valence-corrected chi connectivity index (χ0v) is 28.9.